The number of ether oxygens (including phenoxy) is 2. The van der Waals surface area contributed by atoms with E-state index in [0.29, 0.717) is 36.0 Å². The van der Waals surface area contributed by atoms with Gasteiger partial charge in [-0.1, -0.05) is 26.0 Å². The Morgan fingerprint density at radius 2 is 1.57 bits per heavy atom. The van der Waals surface area contributed by atoms with Crippen molar-refractivity contribution in [3.8, 4) is 11.5 Å². The molecule has 7 nitrogen and oxygen atoms in total. The summed E-state index contributed by atoms with van der Waals surface area (Å²) in [5.41, 5.74) is 3.36. The van der Waals surface area contributed by atoms with Crippen LogP contribution in [0.15, 0.2) is 42.5 Å². The highest BCUT2D eigenvalue weighted by atomic mass is 16.5. The highest BCUT2D eigenvalue weighted by molar-refractivity contribution is 6.04. The van der Waals surface area contributed by atoms with E-state index >= 15 is 0 Å². The number of hydrogen-bond acceptors (Lipinski definition) is 5. The number of rotatable bonds is 10. The lowest BCUT2D eigenvalue weighted by atomic mass is 10.1. The molecule has 0 heterocycles. The van der Waals surface area contributed by atoms with Crippen molar-refractivity contribution in [2.24, 2.45) is 0 Å². The van der Waals surface area contributed by atoms with Crippen LogP contribution in [0.4, 0.5) is 5.69 Å². The van der Waals surface area contributed by atoms with Gasteiger partial charge in [0.05, 0.1) is 19.6 Å². The number of hydroxylamine groups is 1. The number of amides is 2. The quantitative estimate of drug-likeness (QED) is 0.428. The van der Waals surface area contributed by atoms with Crippen molar-refractivity contribution < 1.29 is 24.3 Å². The fourth-order valence-electron chi connectivity index (χ4n) is 2.44. The summed E-state index contributed by atoms with van der Waals surface area (Å²) in [6.07, 6.45) is 1.79. The van der Waals surface area contributed by atoms with E-state index in [1.165, 1.54) is 0 Å². The first-order valence-electron chi connectivity index (χ1n) is 9.30. The molecule has 0 unspecified atom stereocenters. The number of carbonyl (C=O) groups excluding carboxylic acids is 2. The van der Waals surface area contributed by atoms with Crippen LogP contribution in [0.2, 0.25) is 0 Å². The molecule has 2 aromatic rings. The van der Waals surface area contributed by atoms with Crippen LogP contribution in [0.5, 0.6) is 11.5 Å². The monoisotopic (exact) mass is 386 g/mol. The van der Waals surface area contributed by atoms with Gasteiger partial charge in [-0.15, -0.1) is 0 Å². The van der Waals surface area contributed by atoms with Crippen LogP contribution in [-0.4, -0.2) is 30.2 Å². The van der Waals surface area contributed by atoms with E-state index in [9.17, 15) is 9.59 Å². The Labute approximate surface area is 164 Å². The normalized spacial score (nSPS) is 10.2. The Kier molecular flexibility index (Phi) is 8.30. The van der Waals surface area contributed by atoms with Gasteiger partial charge >= 0.3 is 0 Å². The second-order valence-electron chi connectivity index (χ2n) is 6.22. The second-order valence-corrected chi connectivity index (χ2v) is 6.22. The minimum Gasteiger partial charge on any atom is -0.490 e. The molecule has 0 saturated carbocycles. The number of benzene rings is 2. The van der Waals surface area contributed by atoms with Gasteiger partial charge in [0, 0.05) is 11.3 Å². The predicted molar refractivity (Wildman–Crippen MR) is 106 cm³/mol. The maximum Gasteiger partial charge on any atom is 0.255 e. The van der Waals surface area contributed by atoms with Gasteiger partial charge in [0.1, 0.15) is 0 Å². The lowest BCUT2D eigenvalue weighted by molar-refractivity contribution is -0.128. The molecule has 0 aliphatic heterocycles. The summed E-state index contributed by atoms with van der Waals surface area (Å²) in [5.74, 6) is 0.401. The van der Waals surface area contributed by atoms with Gasteiger partial charge in [-0.25, -0.2) is 5.48 Å². The number of hydrogen-bond donors (Lipinski definition) is 3. The van der Waals surface area contributed by atoms with Crippen molar-refractivity contribution in [1.82, 2.24) is 5.48 Å². The van der Waals surface area contributed by atoms with Gasteiger partial charge in [-0.05, 0) is 48.7 Å². The van der Waals surface area contributed by atoms with E-state index in [4.69, 9.17) is 14.7 Å². The van der Waals surface area contributed by atoms with Crippen molar-refractivity contribution in [2.75, 3.05) is 18.5 Å². The van der Waals surface area contributed by atoms with Crippen molar-refractivity contribution in [3.05, 3.63) is 53.6 Å². The van der Waals surface area contributed by atoms with Crippen LogP contribution in [0, 0.1) is 0 Å². The molecule has 2 aromatic carbocycles. The van der Waals surface area contributed by atoms with E-state index < -0.39 is 5.91 Å². The molecular weight excluding hydrogens is 360 g/mol. The smallest absolute Gasteiger partial charge is 0.255 e. The zero-order valence-electron chi connectivity index (χ0n) is 16.2. The Morgan fingerprint density at radius 3 is 2.18 bits per heavy atom. The Bertz CT molecular complexity index is 790. The predicted octanol–water partition coefficient (Wildman–Crippen LogP) is 3.56. The van der Waals surface area contributed by atoms with Crippen LogP contribution in [-0.2, 0) is 11.2 Å². The van der Waals surface area contributed by atoms with E-state index in [1.807, 2.05) is 13.8 Å². The molecule has 0 aliphatic carbocycles. The van der Waals surface area contributed by atoms with Gasteiger partial charge in [0.2, 0.25) is 5.91 Å². The topological polar surface area (TPSA) is 96.9 Å². The lowest BCUT2D eigenvalue weighted by Crippen LogP contribution is -2.20. The van der Waals surface area contributed by atoms with Crippen LogP contribution >= 0.6 is 0 Å². The van der Waals surface area contributed by atoms with Crippen LogP contribution in [0.25, 0.3) is 0 Å². The van der Waals surface area contributed by atoms with Crippen molar-refractivity contribution >= 4 is 17.5 Å². The zero-order chi connectivity index (χ0) is 20.4. The first-order chi connectivity index (χ1) is 13.6. The van der Waals surface area contributed by atoms with Gasteiger partial charge in [0.15, 0.2) is 11.5 Å². The summed E-state index contributed by atoms with van der Waals surface area (Å²) in [6, 6.07) is 11.9. The minimum atomic E-state index is -0.498. The molecule has 0 radical (unpaired) electrons. The summed E-state index contributed by atoms with van der Waals surface area (Å²) in [4.78, 5) is 23.7. The first kappa shape index (κ1) is 21.2. The lowest BCUT2D eigenvalue weighted by Gasteiger charge is -2.14. The van der Waals surface area contributed by atoms with Crippen molar-refractivity contribution in [2.45, 2.75) is 33.1 Å². The minimum absolute atomic E-state index is 0.0576. The average Bonchev–Trinajstić information content (AvgIpc) is 2.72. The molecular formula is C21H26N2O5. The molecule has 28 heavy (non-hydrogen) atoms. The number of anilines is 1. The molecule has 0 bridgehead atoms. The van der Waals surface area contributed by atoms with Gasteiger partial charge in [-0.2, -0.15) is 0 Å². The fourth-order valence-corrected chi connectivity index (χ4v) is 2.44. The summed E-state index contributed by atoms with van der Waals surface area (Å²) < 4.78 is 11.4. The summed E-state index contributed by atoms with van der Waals surface area (Å²) in [5, 5.41) is 11.4. The molecule has 0 aromatic heterocycles. The molecule has 0 atom stereocenters. The molecule has 7 heteroatoms. The second kappa shape index (κ2) is 10.9. The Morgan fingerprint density at radius 1 is 0.929 bits per heavy atom. The molecule has 0 fully saturated rings. The van der Waals surface area contributed by atoms with Gasteiger partial charge in [0.25, 0.3) is 5.91 Å². The third kappa shape index (κ3) is 6.28. The third-order valence-corrected chi connectivity index (χ3v) is 3.83. The summed E-state index contributed by atoms with van der Waals surface area (Å²) in [6.45, 7) is 5.15. The maximum absolute atomic E-state index is 12.6. The van der Waals surface area contributed by atoms with E-state index in [-0.39, 0.29) is 12.3 Å². The van der Waals surface area contributed by atoms with E-state index in [2.05, 4.69) is 5.32 Å². The molecule has 150 valence electrons. The number of carbonyl (C=O) groups is 2. The van der Waals surface area contributed by atoms with Crippen LogP contribution in [0.1, 0.15) is 42.6 Å². The Hall–Kier alpha value is -3.06. The zero-order valence-corrected chi connectivity index (χ0v) is 16.2. The SMILES string of the molecule is CCCOc1ccc(C(=O)Nc2ccc(CC(=O)NO)cc2)cc1OCCC. The first-order valence-corrected chi connectivity index (χ1v) is 9.30. The largest absolute Gasteiger partial charge is 0.490 e. The molecule has 3 N–H and O–H groups in total. The molecule has 0 spiro atoms. The fraction of sp³-hybridized carbons (Fsp3) is 0.333. The van der Waals surface area contributed by atoms with Crippen LogP contribution in [0.3, 0.4) is 0 Å². The van der Waals surface area contributed by atoms with Crippen molar-refractivity contribution in [1.29, 1.82) is 0 Å². The molecule has 2 amide bonds. The van der Waals surface area contributed by atoms with Crippen molar-refractivity contribution in [3.63, 3.8) is 0 Å². The molecule has 2 rings (SSSR count). The third-order valence-electron chi connectivity index (χ3n) is 3.83. The highest BCUT2D eigenvalue weighted by Gasteiger charge is 2.12. The van der Waals surface area contributed by atoms with E-state index in [1.54, 1.807) is 47.9 Å². The standard InChI is InChI=1S/C21H26N2O5/c1-3-11-27-18-10-7-16(14-19(18)28-12-4-2)21(25)22-17-8-5-15(6-9-17)13-20(24)23-26/h5-10,14,26H,3-4,11-13H2,1-2H3,(H,22,25)(H,23,24). The maximum atomic E-state index is 12.6. The summed E-state index contributed by atoms with van der Waals surface area (Å²) >= 11 is 0. The summed E-state index contributed by atoms with van der Waals surface area (Å²) in [7, 11) is 0. The molecule has 0 aliphatic rings. The van der Waals surface area contributed by atoms with E-state index in [0.717, 1.165) is 18.4 Å². The average molecular weight is 386 g/mol. The van der Waals surface area contributed by atoms with Gasteiger partial charge in [-0.3, -0.25) is 14.8 Å². The Balaban J connectivity index is 2.09. The highest BCUT2D eigenvalue weighted by Crippen LogP contribution is 2.29. The van der Waals surface area contributed by atoms with Gasteiger partial charge < -0.3 is 14.8 Å². The van der Waals surface area contributed by atoms with Crippen LogP contribution < -0.4 is 20.3 Å². The number of nitrogens with one attached hydrogen (secondary N) is 2. The molecule has 0 saturated heterocycles.